The van der Waals surface area contributed by atoms with E-state index in [0.29, 0.717) is 24.5 Å². The van der Waals surface area contributed by atoms with Gasteiger partial charge in [-0.05, 0) is 50.1 Å². The van der Waals surface area contributed by atoms with E-state index in [2.05, 4.69) is 15.6 Å². The van der Waals surface area contributed by atoms with Crippen molar-refractivity contribution in [3.8, 4) is 5.75 Å². The molecule has 0 aliphatic rings. The van der Waals surface area contributed by atoms with Crippen LogP contribution in [0.1, 0.15) is 44.0 Å². The maximum absolute atomic E-state index is 12.3. The number of hydrogen-bond acceptors (Lipinski definition) is 4. The van der Waals surface area contributed by atoms with Gasteiger partial charge < -0.3 is 15.4 Å². The van der Waals surface area contributed by atoms with Crippen LogP contribution in [0.25, 0.3) is 0 Å². The van der Waals surface area contributed by atoms with Crippen LogP contribution < -0.4 is 15.4 Å². The normalized spacial score (nSPS) is 11.5. The van der Waals surface area contributed by atoms with Crippen LogP contribution in [-0.4, -0.2) is 23.4 Å². The summed E-state index contributed by atoms with van der Waals surface area (Å²) in [5.41, 5.74) is 2.43. The van der Waals surface area contributed by atoms with Gasteiger partial charge in [0, 0.05) is 6.20 Å². The molecule has 1 aromatic heterocycles. The summed E-state index contributed by atoms with van der Waals surface area (Å²) in [5.74, 6) is -0.146. The topological polar surface area (TPSA) is 80.3 Å². The summed E-state index contributed by atoms with van der Waals surface area (Å²) < 4.78 is 5.47. The van der Waals surface area contributed by atoms with Gasteiger partial charge in [0.15, 0.2) is 0 Å². The predicted octanol–water partition coefficient (Wildman–Crippen LogP) is 3.38. The minimum absolute atomic E-state index is 0.217. The highest BCUT2D eigenvalue weighted by Gasteiger charge is 2.17. The number of nitrogens with zero attached hydrogens (tertiary/aromatic N) is 1. The summed E-state index contributed by atoms with van der Waals surface area (Å²) in [6.07, 6.45) is 2.15. The Balaban J connectivity index is 1.95. The molecule has 0 fully saturated rings. The third kappa shape index (κ3) is 5.58. The number of pyridine rings is 1. The highest BCUT2D eigenvalue weighted by molar-refractivity contribution is 6.04. The predicted molar refractivity (Wildman–Crippen MR) is 101 cm³/mol. The van der Waals surface area contributed by atoms with E-state index in [9.17, 15) is 9.59 Å². The van der Waals surface area contributed by atoms with Crippen LogP contribution in [0.15, 0.2) is 42.6 Å². The minimum atomic E-state index is -0.387. The molecule has 0 saturated carbocycles. The Morgan fingerprint density at radius 2 is 1.92 bits per heavy atom. The number of carbonyl (C=O) groups excluding carboxylic acids is 2. The van der Waals surface area contributed by atoms with Crippen molar-refractivity contribution < 1.29 is 14.3 Å². The zero-order valence-corrected chi connectivity index (χ0v) is 15.4. The Labute approximate surface area is 154 Å². The monoisotopic (exact) mass is 355 g/mol. The average Bonchev–Trinajstić information content (AvgIpc) is 2.61. The van der Waals surface area contributed by atoms with Gasteiger partial charge in [-0.1, -0.05) is 19.1 Å². The van der Waals surface area contributed by atoms with Crippen molar-refractivity contribution in [3.63, 3.8) is 0 Å². The van der Waals surface area contributed by atoms with Crippen LogP contribution in [0.3, 0.4) is 0 Å². The van der Waals surface area contributed by atoms with Gasteiger partial charge in [0.25, 0.3) is 0 Å². The van der Waals surface area contributed by atoms with Gasteiger partial charge in [-0.25, -0.2) is 0 Å². The van der Waals surface area contributed by atoms with E-state index in [1.165, 1.54) is 0 Å². The van der Waals surface area contributed by atoms with Crippen molar-refractivity contribution in [1.82, 2.24) is 10.3 Å². The lowest BCUT2D eigenvalue weighted by Crippen LogP contribution is -2.31. The molecule has 6 nitrogen and oxygen atoms in total. The SMILES string of the molecule is CCOc1ccccc1NC(=O)CC(=O)N[C@@H](CC)c1cc(C)ccn1. The van der Waals surface area contributed by atoms with Gasteiger partial charge in [-0.3, -0.25) is 14.6 Å². The summed E-state index contributed by atoms with van der Waals surface area (Å²) >= 11 is 0. The first kappa shape index (κ1) is 19.4. The number of ether oxygens (including phenoxy) is 1. The van der Waals surface area contributed by atoms with E-state index in [1.54, 1.807) is 24.4 Å². The number of aromatic nitrogens is 1. The lowest BCUT2D eigenvalue weighted by molar-refractivity contribution is -0.127. The number of para-hydroxylation sites is 2. The molecule has 0 aliphatic heterocycles. The fourth-order valence-electron chi connectivity index (χ4n) is 2.57. The molecular weight excluding hydrogens is 330 g/mol. The maximum Gasteiger partial charge on any atom is 0.233 e. The second kappa shape index (κ2) is 9.56. The van der Waals surface area contributed by atoms with Crippen molar-refractivity contribution in [2.45, 2.75) is 39.7 Å². The molecular formula is C20H25N3O3. The molecule has 2 rings (SSSR count). The molecule has 6 heteroatoms. The van der Waals surface area contributed by atoms with E-state index in [0.717, 1.165) is 11.3 Å². The largest absolute Gasteiger partial charge is 0.492 e. The van der Waals surface area contributed by atoms with E-state index >= 15 is 0 Å². The summed E-state index contributed by atoms with van der Waals surface area (Å²) in [4.78, 5) is 28.8. The molecule has 0 aliphatic carbocycles. The van der Waals surface area contributed by atoms with Crippen LogP contribution in [0, 0.1) is 6.92 Å². The number of nitrogens with one attached hydrogen (secondary N) is 2. The summed E-state index contributed by atoms with van der Waals surface area (Å²) in [5, 5.41) is 5.60. The molecule has 138 valence electrons. The molecule has 0 bridgehead atoms. The van der Waals surface area contributed by atoms with Gasteiger partial charge in [0.05, 0.1) is 24.0 Å². The Morgan fingerprint density at radius 1 is 1.15 bits per heavy atom. The first-order chi connectivity index (χ1) is 12.5. The quantitative estimate of drug-likeness (QED) is 0.711. The zero-order valence-electron chi connectivity index (χ0n) is 15.4. The molecule has 0 spiro atoms. The summed E-state index contributed by atoms with van der Waals surface area (Å²) in [7, 11) is 0. The van der Waals surface area contributed by atoms with Crippen LogP contribution in [0.4, 0.5) is 5.69 Å². The lowest BCUT2D eigenvalue weighted by atomic mass is 10.1. The minimum Gasteiger partial charge on any atom is -0.492 e. The molecule has 2 N–H and O–H groups in total. The molecule has 2 amide bonds. The van der Waals surface area contributed by atoms with E-state index in [4.69, 9.17) is 4.74 Å². The molecule has 0 saturated heterocycles. The molecule has 1 heterocycles. The van der Waals surface area contributed by atoms with Crippen LogP contribution in [-0.2, 0) is 9.59 Å². The van der Waals surface area contributed by atoms with Crippen molar-refractivity contribution in [2.24, 2.45) is 0 Å². The number of rotatable bonds is 8. The van der Waals surface area contributed by atoms with Gasteiger partial charge >= 0.3 is 0 Å². The van der Waals surface area contributed by atoms with Crippen LogP contribution in [0.2, 0.25) is 0 Å². The number of aryl methyl sites for hydroxylation is 1. The van der Waals surface area contributed by atoms with Gasteiger partial charge in [0.1, 0.15) is 12.2 Å². The van der Waals surface area contributed by atoms with Crippen molar-refractivity contribution in [1.29, 1.82) is 0 Å². The third-order valence-electron chi connectivity index (χ3n) is 3.82. The highest BCUT2D eigenvalue weighted by Crippen LogP contribution is 2.23. The highest BCUT2D eigenvalue weighted by atomic mass is 16.5. The lowest BCUT2D eigenvalue weighted by Gasteiger charge is -2.17. The van der Waals surface area contributed by atoms with Crippen LogP contribution >= 0.6 is 0 Å². The Bertz CT molecular complexity index is 761. The molecule has 26 heavy (non-hydrogen) atoms. The molecule has 2 aromatic rings. The number of amides is 2. The second-order valence-electron chi connectivity index (χ2n) is 5.94. The molecule has 0 radical (unpaired) electrons. The smallest absolute Gasteiger partial charge is 0.233 e. The fourth-order valence-corrected chi connectivity index (χ4v) is 2.57. The van der Waals surface area contributed by atoms with Gasteiger partial charge in [-0.2, -0.15) is 0 Å². The first-order valence-corrected chi connectivity index (χ1v) is 8.77. The Morgan fingerprint density at radius 3 is 2.62 bits per heavy atom. The second-order valence-corrected chi connectivity index (χ2v) is 5.94. The van der Waals surface area contributed by atoms with Gasteiger partial charge in [-0.15, -0.1) is 0 Å². The summed E-state index contributed by atoms with van der Waals surface area (Å²) in [6, 6.07) is 10.8. The number of carbonyl (C=O) groups is 2. The summed E-state index contributed by atoms with van der Waals surface area (Å²) in [6.45, 7) is 6.31. The van der Waals surface area contributed by atoms with Gasteiger partial charge in [0.2, 0.25) is 11.8 Å². The molecule has 1 aromatic carbocycles. The molecule has 0 unspecified atom stereocenters. The third-order valence-corrected chi connectivity index (χ3v) is 3.82. The van der Waals surface area contributed by atoms with E-state index in [1.807, 2.05) is 39.0 Å². The van der Waals surface area contributed by atoms with Crippen molar-refractivity contribution >= 4 is 17.5 Å². The molecule has 1 atom stereocenters. The Kier molecular flexibility index (Phi) is 7.14. The fraction of sp³-hybridized carbons (Fsp3) is 0.350. The first-order valence-electron chi connectivity index (χ1n) is 8.77. The maximum atomic E-state index is 12.3. The Hall–Kier alpha value is -2.89. The van der Waals surface area contributed by atoms with Crippen molar-refractivity contribution in [3.05, 3.63) is 53.9 Å². The number of hydrogen-bond donors (Lipinski definition) is 2. The van der Waals surface area contributed by atoms with E-state index < -0.39 is 0 Å². The zero-order chi connectivity index (χ0) is 18.9. The number of benzene rings is 1. The van der Waals surface area contributed by atoms with Crippen LogP contribution in [0.5, 0.6) is 5.75 Å². The average molecular weight is 355 g/mol. The number of anilines is 1. The van der Waals surface area contributed by atoms with Crippen molar-refractivity contribution in [2.75, 3.05) is 11.9 Å². The van der Waals surface area contributed by atoms with E-state index in [-0.39, 0.29) is 24.3 Å². The standard InChI is InChI=1S/C20H25N3O3/c1-4-15(17-12-14(3)10-11-21-17)22-19(24)13-20(25)23-16-8-6-7-9-18(16)26-5-2/h6-12,15H,4-5,13H2,1-3H3,(H,22,24)(H,23,25)/t15-/m0/s1.